The van der Waals surface area contributed by atoms with E-state index >= 15 is 0 Å². The summed E-state index contributed by atoms with van der Waals surface area (Å²) >= 11 is 6.65. The summed E-state index contributed by atoms with van der Waals surface area (Å²) in [7, 11) is 0. The van der Waals surface area contributed by atoms with E-state index in [9.17, 15) is 4.79 Å². The molecule has 0 saturated heterocycles. The van der Waals surface area contributed by atoms with Crippen LogP contribution >= 0.6 is 31.9 Å². The smallest absolute Gasteiger partial charge is 0.273 e. The van der Waals surface area contributed by atoms with E-state index in [0.29, 0.717) is 18.8 Å². The summed E-state index contributed by atoms with van der Waals surface area (Å²) in [6, 6.07) is 3.61. The third-order valence-electron chi connectivity index (χ3n) is 1.98. The maximum absolute atomic E-state index is 12.0. The van der Waals surface area contributed by atoms with Crippen molar-refractivity contribution in [1.82, 2.24) is 9.88 Å². The summed E-state index contributed by atoms with van der Waals surface area (Å²) in [4.78, 5) is 17.8. The Morgan fingerprint density at radius 3 is 2.87 bits per heavy atom. The van der Waals surface area contributed by atoms with Gasteiger partial charge in [0.2, 0.25) is 0 Å². The predicted molar refractivity (Wildman–Crippen MR) is 67.3 cm³/mol. The van der Waals surface area contributed by atoms with Crippen LogP contribution < -0.4 is 0 Å². The van der Waals surface area contributed by atoms with Gasteiger partial charge in [0.1, 0.15) is 5.69 Å². The molecule has 3 nitrogen and oxygen atoms in total. The number of pyridine rings is 1. The largest absolute Gasteiger partial charge is 0.337 e. The fourth-order valence-electron chi connectivity index (χ4n) is 1.20. The Morgan fingerprint density at radius 1 is 1.60 bits per heavy atom. The second-order valence-electron chi connectivity index (χ2n) is 2.91. The van der Waals surface area contributed by atoms with Crippen LogP contribution in [0.2, 0.25) is 0 Å². The average Bonchev–Trinajstić information content (AvgIpc) is 2.25. The minimum Gasteiger partial charge on any atom is -0.337 e. The van der Waals surface area contributed by atoms with Gasteiger partial charge in [-0.15, -0.1) is 0 Å². The third kappa shape index (κ3) is 3.28. The zero-order valence-corrected chi connectivity index (χ0v) is 11.6. The van der Waals surface area contributed by atoms with Gasteiger partial charge in [0.15, 0.2) is 0 Å². The Labute approximate surface area is 106 Å². The van der Waals surface area contributed by atoms with Crippen LogP contribution in [0.5, 0.6) is 0 Å². The number of aromatic nitrogens is 1. The average molecular weight is 336 g/mol. The fraction of sp³-hybridized carbons (Fsp3) is 0.400. The molecule has 0 aliphatic heterocycles. The van der Waals surface area contributed by atoms with E-state index in [1.165, 1.54) is 0 Å². The molecule has 1 aromatic heterocycles. The van der Waals surface area contributed by atoms with E-state index in [4.69, 9.17) is 0 Å². The zero-order chi connectivity index (χ0) is 11.3. The van der Waals surface area contributed by atoms with E-state index in [2.05, 4.69) is 36.8 Å². The van der Waals surface area contributed by atoms with Crippen LogP contribution in [0.3, 0.4) is 0 Å². The van der Waals surface area contributed by atoms with E-state index in [0.717, 1.165) is 9.80 Å². The van der Waals surface area contributed by atoms with Crippen molar-refractivity contribution in [3.05, 3.63) is 28.5 Å². The molecule has 0 aliphatic carbocycles. The minimum absolute atomic E-state index is 0.0376. The Bertz CT molecular complexity index is 344. The SMILES string of the molecule is CCN(CCBr)C(=O)c1ncccc1Br. The second-order valence-corrected chi connectivity index (χ2v) is 4.55. The molecule has 0 aliphatic rings. The Balaban J connectivity index is 2.88. The molecule has 1 amide bonds. The molecule has 0 spiro atoms. The van der Waals surface area contributed by atoms with Crippen LogP contribution in [-0.4, -0.2) is 34.2 Å². The summed E-state index contributed by atoms with van der Waals surface area (Å²) in [5, 5.41) is 0.775. The zero-order valence-electron chi connectivity index (χ0n) is 8.41. The summed E-state index contributed by atoms with van der Waals surface area (Å²) in [6.45, 7) is 3.34. The Kier molecular flexibility index (Phi) is 5.25. The van der Waals surface area contributed by atoms with Gasteiger partial charge in [-0.3, -0.25) is 4.79 Å². The molecule has 0 N–H and O–H groups in total. The monoisotopic (exact) mass is 334 g/mol. The Morgan fingerprint density at radius 2 is 2.33 bits per heavy atom. The van der Waals surface area contributed by atoms with Gasteiger partial charge in [0.05, 0.1) is 0 Å². The maximum Gasteiger partial charge on any atom is 0.273 e. The topological polar surface area (TPSA) is 33.2 Å². The first kappa shape index (κ1) is 12.6. The molecule has 0 bridgehead atoms. The highest BCUT2D eigenvalue weighted by molar-refractivity contribution is 9.10. The van der Waals surface area contributed by atoms with Crippen molar-refractivity contribution in [3.8, 4) is 0 Å². The van der Waals surface area contributed by atoms with Crippen molar-refractivity contribution in [2.75, 3.05) is 18.4 Å². The number of hydrogen-bond donors (Lipinski definition) is 0. The van der Waals surface area contributed by atoms with Crippen molar-refractivity contribution < 1.29 is 4.79 Å². The molecule has 5 heteroatoms. The summed E-state index contributed by atoms with van der Waals surface area (Å²) < 4.78 is 0.739. The van der Waals surface area contributed by atoms with Gasteiger partial charge >= 0.3 is 0 Å². The van der Waals surface area contributed by atoms with Gasteiger partial charge in [-0.1, -0.05) is 15.9 Å². The lowest BCUT2D eigenvalue weighted by molar-refractivity contribution is 0.0768. The quantitative estimate of drug-likeness (QED) is 0.793. The summed E-state index contributed by atoms with van der Waals surface area (Å²) in [6.07, 6.45) is 1.62. The number of halogens is 2. The lowest BCUT2D eigenvalue weighted by Crippen LogP contribution is -2.33. The van der Waals surface area contributed by atoms with Crippen molar-refractivity contribution in [1.29, 1.82) is 0 Å². The number of nitrogens with zero attached hydrogens (tertiary/aromatic N) is 2. The molecule has 0 saturated carbocycles. The molecule has 0 atom stereocenters. The van der Waals surface area contributed by atoms with E-state index < -0.39 is 0 Å². The first-order valence-corrected chi connectivity index (χ1v) is 6.58. The fourth-order valence-corrected chi connectivity index (χ4v) is 2.05. The molecule has 0 unspecified atom stereocenters. The molecule has 0 aromatic carbocycles. The predicted octanol–water partition coefficient (Wildman–Crippen LogP) is 2.70. The van der Waals surface area contributed by atoms with Gasteiger partial charge < -0.3 is 4.90 Å². The minimum atomic E-state index is -0.0376. The van der Waals surface area contributed by atoms with Crippen LogP contribution in [0, 0.1) is 0 Å². The Hall–Kier alpha value is -0.420. The summed E-state index contributed by atoms with van der Waals surface area (Å²) in [5.74, 6) is -0.0376. The molecule has 0 fully saturated rings. The van der Waals surface area contributed by atoms with Gasteiger partial charge in [0, 0.05) is 29.1 Å². The molecule has 1 aromatic rings. The van der Waals surface area contributed by atoms with E-state index in [1.807, 2.05) is 13.0 Å². The number of amides is 1. The van der Waals surface area contributed by atoms with Crippen LogP contribution in [0.25, 0.3) is 0 Å². The van der Waals surface area contributed by atoms with Gasteiger partial charge in [-0.25, -0.2) is 4.98 Å². The first-order valence-electron chi connectivity index (χ1n) is 4.66. The molecule has 1 rings (SSSR count). The van der Waals surface area contributed by atoms with E-state index in [-0.39, 0.29) is 5.91 Å². The number of alkyl halides is 1. The van der Waals surface area contributed by atoms with Crippen molar-refractivity contribution >= 4 is 37.8 Å². The normalized spacial score (nSPS) is 10.1. The first-order chi connectivity index (χ1) is 7.20. The third-order valence-corrected chi connectivity index (χ3v) is 2.98. The molecular formula is C10H12Br2N2O. The number of rotatable bonds is 4. The standard InChI is InChI=1S/C10H12Br2N2O/c1-2-14(7-5-11)10(15)9-8(12)4-3-6-13-9/h3-4,6H,2,5,7H2,1H3. The van der Waals surface area contributed by atoms with Crippen molar-refractivity contribution in [3.63, 3.8) is 0 Å². The van der Waals surface area contributed by atoms with E-state index in [1.54, 1.807) is 17.2 Å². The lowest BCUT2D eigenvalue weighted by atomic mass is 10.3. The lowest BCUT2D eigenvalue weighted by Gasteiger charge is -2.19. The summed E-state index contributed by atoms with van der Waals surface area (Å²) in [5.41, 5.74) is 0.473. The second kappa shape index (κ2) is 6.23. The maximum atomic E-state index is 12.0. The van der Waals surface area contributed by atoms with Crippen LogP contribution in [0.4, 0.5) is 0 Å². The number of carbonyl (C=O) groups excluding carboxylic acids is 1. The molecule has 15 heavy (non-hydrogen) atoms. The highest BCUT2D eigenvalue weighted by Crippen LogP contribution is 2.15. The van der Waals surface area contributed by atoms with Crippen molar-refractivity contribution in [2.45, 2.75) is 6.92 Å². The highest BCUT2D eigenvalue weighted by atomic mass is 79.9. The molecule has 1 heterocycles. The van der Waals surface area contributed by atoms with Gasteiger partial charge in [-0.2, -0.15) is 0 Å². The van der Waals surface area contributed by atoms with Crippen LogP contribution in [0.15, 0.2) is 22.8 Å². The van der Waals surface area contributed by atoms with Crippen LogP contribution in [0.1, 0.15) is 17.4 Å². The highest BCUT2D eigenvalue weighted by Gasteiger charge is 2.16. The number of carbonyl (C=O) groups is 1. The van der Waals surface area contributed by atoms with Gasteiger partial charge in [-0.05, 0) is 35.0 Å². The number of hydrogen-bond acceptors (Lipinski definition) is 2. The van der Waals surface area contributed by atoms with Crippen molar-refractivity contribution in [2.24, 2.45) is 0 Å². The molecule has 0 radical (unpaired) electrons. The van der Waals surface area contributed by atoms with Gasteiger partial charge in [0.25, 0.3) is 5.91 Å². The van der Waals surface area contributed by atoms with Crippen LogP contribution in [-0.2, 0) is 0 Å². The molecule has 82 valence electrons. The molecular weight excluding hydrogens is 324 g/mol.